The molecule has 0 spiro atoms. The van der Waals surface area contributed by atoms with Crippen molar-refractivity contribution in [3.05, 3.63) is 36.0 Å². The van der Waals surface area contributed by atoms with Crippen LogP contribution in [0.25, 0.3) is 10.9 Å². The molecule has 2 amide bonds. The number of benzene rings is 1. The standard InChI is InChI=1S/C22H29N3O3/c26-21(23-10-9-18-15-24-20-4-2-1-3-19(18)20)16-5-7-17(8-6-16)22(27)25-11-13-28-14-12-25/h1-4,15-17,24H,5-14H2,(H,23,26). The van der Waals surface area contributed by atoms with Crippen molar-refractivity contribution in [2.24, 2.45) is 11.8 Å². The third-order valence-electron chi connectivity index (χ3n) is 6.14. The maximum absolute atomic E-state index is 12.6. The number of carbonyl (C=O) groups excluding carboxylic acids is 2. The summed E-state index contributed by atoms with van der Waals surface area (Å²) in [5.74, 6) is 0.503. The van der Waals surface area contributed by atoms with E-state index in [9.17, 15) is 9.59 Å². The van der Waals surface area contributed by atoms with Crippen LogP contribution in [-0.4, -0.2) is 54.5 Å². The molecule has 2 aromatic rings. The Balaban J connectivity index is 1.21. The highest BCUT2D eigenvalue weighted by Crippen LogP contribution is 2.30. The zero-order valence-corrected chi connectivity index (χ0v) is 16.3. The molecule has 150 valence electrons. The fraction of sp³-hybridized carbons (Fsp3) is 0.545. The zero-order valence-electron chi connectivity index (χ0n) is 16.3. The van der Waals surface area contributed by atoms with Gasteiger partial charge in [0.15, 0.2) is 0 Å². The van der Waals surface area contributed by atoms with Gasteiger partial charge in [-0.2, -0.15) is 0 Å². The van der Waals surface area contributed by atoms with Crippen molar-refractivity contribution in [1.82, 2.24) is 15.2 Å². The molecule has 1 aromatic heterocycles. The van der Waals surface area contributed by atoms with Gasteiger partial charge in [0.25, 0.3) is 0 Å². The number of para-hydroxylation sites is 1. The molecule has 0 atom stereocenters. The molecule has 2 N–H and O–H groups in total. The van der Waals surface area contributed by atoms with Gasteiger partial charge in [-0.25, -0.2) is 0 Å². The summed E-state index contributed by atoms with van der Waals surface area (Å²) in [5, 5.41) is 4.32. The van der Waals surface area contributed by atoms with E-state index in [0.717, 1.165) is 37.6 Å². The smallest absolute Gasteiger partial charge is 0.225 e. The number of carbonyl (C=O) groups is 2. The van der Waals surface area contributed by atoms with Crippen LogP contribution in [0.1, 0.15) is 31.2 Å². The van der Waals surface area contributed by atoms with Crippen LogP contribution in [0.5, 0.6) is 0 Å². The molecule has 28 heavy (non-hydrogen) atoms. The molecule has 0 bridgehead atoms. The molecule has 6 nitrogen and oxygen atoms in total. The van der Waals surface area contributed by atoms with Gasteiger partial charge in [0, 0.05) is 48.6 Å². The summed E-state index contributed by atoms with van der Waals surface area (Å²) in [6, 6.07) is 8.23. The number of amides is 2. The second-order valence-electron chi connectivity index (χ2n) is 7.89. The minimum absolute atomic E-state index is 0.0386. The molecule has 1 saturated carbocycles. The van der Waals surface area contributed by atoms with E-state index in [2.05, 4.69) is 22.4 Å². The van der Waals surface area contributed by atoms with E-state index in [1.54, 1.807) is 0 Å². The molecule has 2 aliphatic rings. The number of H-pyrrole nitrogens is 1. The van der Waals surface area contributed by atoms with E-state index < -0.39 is 0 Å². The summed E-state index contributed by atoms with van der Waals surface area (Å²) < 4.78 is 5.32. The van der Waals surface area contributed by atoms with Crippen molar-refractivity contribution in [3.63, 3.8) is 0 Å². The number of nitrogens with one attached hydrogen (secondary N) is 2. The third kappa shape index (κ3) is 4.22. The first-order valence-electron chi connectivity index (χ1n) is 10.4. The van der Waals surface area contributed by atoms with Gasteiger partial charge in [0.05, 0.1) is 13.2 Å². The van der Waals surface area contributed by atoms with Crippen LogP contribution >= 0.6 is 0 Å². The predicted octanol–water partition coefficient (Wildman–Crippen LogP) is 2.49. The van der Waals surface area contributed by atoms with Crippen LogP contribution in [0.4, 0.5) is 0 Å². The van der Waals surface area contributed by atoms with E-state index in [-0.39, 0.29) is 23.7 Å². The average molecular weight is 383 g/mol. The lowest BCUT2D eigenvalue weighted by atomic mass is 9.81. The Hall–Kier alpha value is -2.34. The van der Waals surface area contributed by atoms with E-state index >= 15 is 0 Å². The molecule has 1 aliphatic heterocycles. The number of aromatic amines is 1. The molecule has 2 heterocycles. The summed E-state index contributed by atoms with van der Waals surface area (Å²) >= 11 is 0. The Morgan fingerprint density at radius 1 is 1.07 bits per heavy atom. The fourth-order valence-corrected chi connectivity index (χ4v) is 4.45. The van der Waals surface area contributed by atoms with Crippen LogP contribution in [0.3, 0.4) is 0 Å². The number of morpholine rings is 1. The number of hydrogen-bond donors (Lipinski definition) is 2. The second-order valence-corrected chi connectivity index (χ2v) is 7.89. The summed E-state index contributed by atoms with van der Waals surface area (Å²) in [6.07, 6.45) is 6.09. The molecular weight excluding hydrogens is 354 g/mol. The van der Waals surface area contributed by atoms with Gasteiger partial charge in [0.1, 0.15) is 0 Å². The maximum atomic E-state index is 12.6. The van der Waals surface area contributed by atoms with Crippen LogP contribution in [0, 0.1) is 11.8 Å². The van der Waals surface area contributed by atoms with Gasteiger partial charge >= 0.3 is 0 Å². The number of nitrogens with zero attached hydrogens (tertiary/aromatic N) is 1. The number of aromatic nitrogens is 1. The summed E-state index contributed by atoms with van der Waals surface area (Å²) in [4.78, 5) is 30.3. The highest BCUT2D eigenvalue weighted by Gasteiger charge is 2.32. The Morgan fingerprint density at radius 2 is 1.79 bits per heavy atom. The molecule has 1 aromatic carbocycles. The lowest BCUT2D eigenvalue weighted by Crippen LogP contribution is -2.45. The molecule has 1 saturated heterocycles. The summed E-state index contributed by atoms with van der Waals surface area (Å²) in [6.45, 7) is 3.33. The third-order valence-corrected chi connectivity index (χ3v) is 6.14. The molecule has 4 rings (SSSR count). The first-order valence-corrected chi connectivity index (χ1v) is 10.4. The molecule has 2 fully saturated rings. The van der Waals surface area contributed by atoms with E-state index in [4.69, 9.17) is 4.74 Å². The summed E-state index contributed by atoms with van der Waals surface area (Å²) in [7, 11) is 0. The Labute approximate surface area is 165 Å². The van der Waals surface area contributed by atoms with Crippen LogP contribution in [0.2, 0.25) is 0 Å². The average Bonchev–Trinajstić information content (AvgIpc) is 3.17. The molecule has 6 heteroatoms. The van der Waals surface area contributed by atoms with Gasteiger partial charge in [0.2, 0.25) is 11.8 Å². The maximum Gasteiger partial charge on any atom is 0.225 e. The minimum Gasteiger partial charge on any atom is -0.378 e. The monoisotopic (exact) mass is 383 g/mol. The van der Waals surface area contributed by atoms with Crippen molar-refractivity contribution in [2.45, 2.75) is 32.1 Å². The van der Waals surface area contributed by atoms with E-state index in [1.165, 1.54) is 10.9 Å². The quantitative estimate of drug-likeness (QED) is 0.833. The van der Waals surface area contributed by atoms with Crippen molar-refractivity contribution in [2.75, 3.05) is 32.8 Å². The Morgan fingerprint density at radius 3 is 2.57 bits per heavy atom. The van der Waals surface area contributed by atoms with Crippen LogP contribution < -0.4 is 5.32 Å². The van der Waals surface area contributed by atoms with Gasteiger partial charge in [-0.1, -0.05) is 18.2 Å². The van der Waals surface area contributed by atoms with Crippen LogP contribution in [0.15, 0.2) is 30.5 Å². The summed E-state index contributed by atoms with van der Waals surface area (Å²) in [5.41, 5.74) is 2.36. The zero-order chi connectivity index (χ0) is 19.3. The number of fused-ring (bicyclic) bond motifs is 1. The van der Waals surface area contributed by atoms with Gasteiger partial charge in [-0.3, -0.25) is 9.59 Å². The second kappa shape index (κ2) is 8.78. The van der Waals surface area contributed by atoms with E-state index in [1.807, 2.05) is 23.2 Å². The molecular formula is C22H29N3O3. The van der Waals surface area contributed by atoms with Gasteiger partial charge in [-0.15, -0.1) is 0 Å². The number of rotatable bonds is 5. The highest BCUT2D eigenvalue weighted by atomic mass is 16.5. The van der Waals surface area contributed by atoms with Crippen molar-refractivity contribution in [3.8, 4) is 0 Å². The minimum atomic E-state index is 0.0386. The lowest BCUT2D eigenvalue weighted by molar-refractivity contribution is -0.142. The van der Waals surface area contributed by atoms with Gasteiger partial charge < -0.3 is 19.9 Å². The first-order chi connectivity index (χ1) is 13.7. The van der Waals surface area contributed by atoms with Crippen LogP contribution in [-0.2, 0) is 20.7 Å². The number of hydrogen-bond acceptors (Lipinski definition) is 3. The van der Waals surface area contributed by atoms with Crippen molar-refractivity contribution < 1.29 is 14.3 Å². The first kappa shape index (κ1) is 19.0. The predicted molar refractivity (Wildman–Crippen MR) is 108 cm³/mol. The highest BCUT2D eigenvalue weighted by molar-refractivity contribution is 5.83. The van der Waals surface area contributed by atoms with Crippen molar-refractivity contribution in [1.29, 1.82) is 0 Å². The SMILES string of the molecule is O=C(NCCc1c[nH]c2ccccc12)C1CCC(C(=O)N2CCOCC2)CC1. The lowest BCUT2D eigenvalue weighted by Gasteiger charge is -2.33. The Bertz CT molecular complexity index is 817. The normalized spacial score (nSPS) is 22.9. The fourth-order valence-electron chi connectivity index (χ4n) is 4.45. The van der Waals surface area contributed by atoms with E-state index in [0.29, 0.717) is 32.8 Å². The topological polar surface area (TPSA) is 74.4 Å². The Kier molecular flexibility index (Phi) is 5.95. The van der Waals surface area contributed by atoms with Gasteiger partial charge in [-0.05, 0) is 43.7 Å². The molecule has 0 radical (unpaired) electrons. The largest absolute Gasteiger partial charge is 0.378 e. The molecule has 1 aliphatic carbocycles. The van der Waals surface area contributed by atoms with Crippen molar-refractivity contribution >= 4 is 22.7 Å². The molecule has 0 unspecified atom stereocenters. The number of ether oxygens (including phenoxy) is 1.